The number of piperazine rings is 1. The van der Waals surface area contributed by atoms with E-state index >= 15 is 0 Å². The highest BCUT2D eigenvalue weighted by molar-refractivity contribution is 7.92. The van der Waals surface area contributed by atoms with E-state index in [9.17, 15) is 22.8 Å². The van der Waals surface area contributed by atoms with Crippen molar-refractivity contribution in [1.82, 2.24) is 25.1 Å². The van der Waals surface area contributed by atoms with E-state index in [2.05, 4.69) is 51.6 Å². The number of para-hydroxylation sites is 1. The van der Waals surface area contributed by atoms with Crippen LogP contribution in [-0.4, -0.2) is 124 Å². The molecule has 0 radical (unpaired) electrons. The van der Waals surface area contributed by atoms with Crippen LogP contribution >= 0.6 is 11.6 Å². The fourth-order valence-electron chi connectivity index (χ4n) is 9.78. The minimum Gasteiger partial charge on any atom is -0.494 e. The Bertz CT molecular complexity index is 2490. The molecule has 0 bridgehead atoms. The number of anilines is 7. The third-order valence-corrected chi connectivity index (χ3v) is 14.6. The van der Waals surface area contributed by atoms with Gasteiger partial charge < -0.3 is 30.1 Å². The van der Waals surface area contributed by atoms with Gasteiger partial charge in [0.2, 0.25) is 33.7 Å². The predicted octanol–water partition coefficient (Wildman–Crippen LogP) is 5.11. The highest BCUT2D eigenvalue weighted by atomic mass is 35.5. The number of piperidine rings is 2. The van der Waals surface area contributed by atoms with Crippen molar-refractivity contribution in [1.29, 1.82) is 0 Å². The number of carbonyl (C=O) groups excluding carboxylic acids is 3. The first-order valence-electron chi connectivity index (χ1n) is 21.7. The Balaban J connectivity index is 0.752. The highest BCUT2D eigenvalue weighted by Gasteiger charge is 2.36. The van der Waals surface area contributed by atoms with Gasteiger partial charge in [-0.15, -0.1) is 0 Å². The van der Waals surface area contributed by atoms with Crippen LogP contribution in [0.3, 0.4) is 0 Å². The van der Waals surface area contributed by atoms with Gasteiger partial charge in [-0.3, -0.25) is 28.9 Å². The second-order valence-corrected chi connectivity index (χ2v) is 19.3. The van der Waals surface area contributed by atoms with Gasteiger partial charge in [0.05, 0.1) is 48.5 Å². The number of benzene rings is 3. The molecule has 63 heavy (non-hydrogen) atoms. The number of aromatic nitrogens is 2. The lowest BCUT2D eigenvalue weighted by atomic mass is 9.90. The molecule has 4 fully saturated rings. The SMILES string of the molecule is COc1cc(N2CCC(N3CCN(C(=O)[C@@H]4CCN(c5ccc(C6CCC(=O)NC6=O)cc5)C4)CC3)CC2)ccc1Nc1ncc(Cl)c(Nc2cccc3c2N(S(C)(=O)=O)CC3)n1. The lowest BCUT2D eigenvalue weighted by Gasteiger charge is -2.43. The van der Waals surface area contributed by atoms with Gasteiger partial charge in [0.25, 0.3) is 0 Å². The van der Waals surface area contributed by atoms with Crippen molar-refractivity contribution in [2.75, 3.05) is 97.0 Å². The van der Waals surface area contributed by atoms with Gasteiger partial charge in [-0.25, -0.2) is 13.4 Å². The van der Waals surface area contributed by atoms with Crippen LogP contribution in [0, 0.1) is 5.92 Å². The zero-order chi connectivity index (χ0) is 43.8. The van der Waals surface area contributed by atoms with Gasteiger partial charge in [0, 0.05) is 88.8 Å². The summed E-state index contributed by atoms with van der Waals surface area (Å²) in [7, 11) is -1.83. The van der Waals surface area contributed by atoms with E-state index in [1.165, 1.54) is 16.8 Å². The maximum Gasteiger partial charge on any atom is 0.234 e. The maximum absolute atomic E-state index is 13.7. The molecule has 3 aromatic carbocycles. The summed E-state index contributed by atoms with van der Waals surface area (Å²) >= 11 is 6.53. The first-order valence-corrected chi connectivity index (χ1v) is 23.9. The monoisotopic (exact) mass is 896 g/mol. The summed E-state index contributed by atoms with van der Waals surface area (Å²) in [5, 5.41) is 9.24. The topological polar surface area (TPSA) is 173 Å². The van der Waals surface area contributed by atoms with Crippen LogP contribution in [-0.2, 0) is 30.8 Å². The average molecular weight is 898 g/mol. The largest absolute Gasteiger partial charge is 0.494 e. The molecule has 5 aliphatic rings. The van der Waals surface area contributed by atoms with Gasteiger partial charge in [0.1, 0.15) is 10.8 Å². The Kier molecular flexibility index (Phi) is 12.1. The number of ether oxygens (including phenoxy) is 1. The van der Waals surface area contributed by atoms with Gasteiger partial charge >= 0.3 is 0 Å². The van der Waals surface area contributed by atoms with Crippen LogP contribution in [0.4, 0.5) is 40.2 Å². The third-order valence-electron chi connectivity index (χ3n) is 13.2. The fourth-order valence-corrected chi connectivity index (χ4v) is 10.9. The van der Waals surface area contributed by atoms with Crippen molar-refractivity contribution in [2.24, 2.45) is 5.92 Å². The average Bonchev–Trinajstić information content (AvgIpc) is 3.97. The van der Waals surface area contributed by atoms with E-state index in [1.807, 2.05) is 54.6 Å². The normalized spacial score (nSPS) is 21.1. The molecule has 9 rings (SSSR count). The van der Waals surface area contributed by atoms with Crippen molar-refractivity contribution < 1.29 is 27.5 Å². The number of rotatable bonds is 11. The number of halogens is 1. The van der Waals surface area contributed by atoms with Crippen LogP contribution in [0.15, 0.2) is 66.9 Å². The van der Waals surface area contributed by atoms with Crippen LogP contribution in [0.2, 0.25) is 5.02 Å². The summed E-state index contributed by atoms with van der Waals surface area (Å²) in [5.41, 5.74) is 5.84. The third kappa shape index (κ3) is 9.09. The molecule has 2 atom stereocenters. The Morgan fingerprint density at radius 2 is 1.59 bits per heavy atom. The van der Waals surface area contributed by atoms with Crippen molar-refractivity contribution in [3.8, 4) is 5.75 Å². The summed E-state index contributed by atoms with van der Waals surface area (Å²) < 4.78 is 32.3. The van der Waals surface area contributed by atoms with Crippen molar-refractivity contribution in [3.05, 3.63) is 83.0 Å². The van der Waals surface area contributed by atoms with Crippen molar-refractivity contribution >= 4 is 79.5 Å². The number of hydrogen-bond donors (Lipinski definition) is 3. The standard InChI is InChI=1S/C45H53ClN10O6S/c1-62-39-26-34(10-12-37(39)49-45-47-27-36(46)42(51-45)48-38-5-3-4-30-15-21-56(41(30)38)63(2,60)61)52-19-16-33(17-20-52)53-22-24-54(25-23-53)44(59)31-14-18-55(28-31)32-8-6-29(7-9-32)35-11-13-40(57)50-43(35)58/h3-10,12,26-27,31,33,35H,11,13-25,28H2,1-2H3,(H,50,57,58)(H2,47,48,49,51)/t31-,35?/m1/s1. The first-order chi connectivity index (χ1) is 30.4. The second-order valence-electron chi connectivity index (χ2n) is 17.0. The lowest BCUT2D eigenvalue weighted by Crippen LogP contribution is -2.55. The van der Waals surface area contributed by atoms with E-state index in [0.717, 1.165) is 87.6 Å². The maximum atomic E-state index is 13.7. The molecule has 5 aliphatic heterocycles. The number of sulfonamides is 1. The molecule has 4 saturated heterocycles. The minimum absolute atomic E-state index is 0.0289. The van der Waals surface area contributed by atoms with Gasteiger partial charge in [-0.1, -0.05) is 35.9 Å². The van der Waals surface area contributed by atoms with E-state index in [-0.39, 0.29) is 34.6 Å². The highest BCUT2D eigenvalue weighted by Crippen LogP contribution is 2.40. The molecule has 0 spiro atoms. The molecule has 332 valence electrons. The zero-order valence-corrected chi connectivity index (χ0v) is 37.1. The van der Waals surface area contributed by atoms with Gasteiger partial charge in [-0.2, -0.15) is 4.98 Å². The number of imide groups is 1. The molecule has 16 nitrogen and oxygen atoms in total. The van der Waals surface area contributed by atoms with E-state index in [4.69, 9.17) is 16.3 Å². The Morgan fingerprint density at radius 1 is 0.841 bits per heavy atom. The summed E-state index contributed by atoms with van der Waals surface area (Å²) in [6.45, 7) is 6.93. The van der Waals surface area contributed by atoms with Crippen LogP contribution in [0.25, 0.3) is 0 Å². The molecular weight excluding hydrogens is 844 g/mol. The van der Waals surface area contributed by atoms with Crippen molar-refractivity contribution in [3.63, 3.8) is 0 Å². The van der Waals surface area contributed by atoms with Crippen molar-refractivity contribution in [2.45, 2.75) is 50.5 Å². The second kappa shape index (κ2) is 17.8. The Morgan fingerprint density at radius 3 is 2.32 bits per heavy atom. The quantitative estimate of drug-likeness (QED) is 0.170. The van der Waals surface area contributed by atoms with Crippen LogP contribution in [0.5, 0.6) is 5.75 Å². The predicted molar refractivity (Wildman–Crippen MR) is 244 cm³/mol. The number of hydrogen-bond acceptors (Lipinski definition) is 13. The molecular formula is C45H53ClN10O6S. The van der Waals surface area contributed by atoms with E-state index in [0.29, 0.717) is 73.0 Å². The van der Waals surface area contributed by atoms with E-state index in [1.54, 1.807) is 7.11 Å². The molecule has 18 heteroatoms. The molecule has 0 saturated carbocycles. The van der Waals surface area contributed by atoms with E-state index < -0.39 is 10.0 Å². The number of nitrogens with zero attached hydrogens (tertiary/aromatic N) is 7. The van der Waals surface area contributed by atoms with Crippen LogP contribution in [0.1, 0.15) is 49.1 Å². The lowest BCUT2D eigenvalue weighted by molar-refractivity contribution is -0.137. The van der Waals surface area contributed by atoms with Crippen LogP contribution < -0.4 is 34.8 Å². The number of amides is 3. The summed E-state index contributed by atoms with van der Waals surface area (Å²) in [5.74, 6) is 0.749. The molecule has 3 amide bonds. The zero-order valence-electron chi connectivity index (χ0n) is 35.6. The molecule has 3 N–H and O–H groups in total. The molecule has 0 aliphatic carbocycles. The molecule has 1 aromatic heterocycles. The number of methoxy groups -OCH3 is 1. The fraction of sp³-hybridized carbons (Fsp3) is 0.444. The number of carbonyl (C=O) groups is 3. The number of nitrogens with one attached hydrogen (secondary N) is 3. The summed E-state index contributed by atoms with van der Waals surface area (Å²) in [6, 6.07) is 20.1. The number of fused-ring (bicyclic) bond motifs is 1. The first kappa shape index (κ1) is 42.6. The molecule has 4 aromatic rings. The Labute approximate surface area is 373 Å². The smallest absolute Gasteiger partial charge is 0.234 e. The van der Waals surface area contributed by atoms with Gasteiger partial charge in [-0.05, 0) is 73.6 Å². The molecule has 6 heterocycles. The summed E-state index contributed by atoms with van der Waals surface area (Å²) in [4.78, 5) is 55.9. The summed E-state index contributed by atoms with van der Waals surface area (Å²) in [6.07, 6.45) is 7.09. The minimum atomic E-state index is -3.46. The Hall–Kier alpha value is -5.65. The van der Waals surface area contributed by atoms with Gasteiger partial charge in [0.15, 0.2) is 5.82 Å². The molecule has 1 unspecified atom stereocenters.